The zero-order valence-electron chi connectivity index (χ0n) is 28.4. The van der Waals surface area contributed by atoms with Gasteiger partial charge in [0, 0.05) is 25.1 Å². The first kappa shape index (κ1) is 39.1. The third kappa shape index (κ3) is 13.6. The minimum atomic E-state index is -1.01. The smallest absolute Gasteiger partial charge is 0.305 e. The van der Waals surface area contributed by atoms with Crippen molar-refractivity contribution in [3.05, 3.63) is 29.3 Å². The van der Waals surface area contributed by atoms with Crippen molar-refractivity contribution < 1.29 is 47.7 Å². The summed E-state index contributed by atoms with van der Waals surface area (Å²) in [4.78, 5) is 62.6. The third-order valence-electron chi connectivity index (χ3n) is 8.12. The van der Waals surface area contributed by atoms with Crippen molar-refractivity contribution >= 4 is 35.3 Å². The van der Waals surface area contributed by atoms with E-state index in [1.165, 1.54) is 44.9 Å². The summed E-state index contributed by atoms with van der Waals surface area (Å²) in [7, 11) is 0. The van der Waals surface area contributed by atoms with E-state index in [1.807, 2.05) is 0 Å². The van der Waals surface area contributed by atoms with Gasteiger partial charge in [-0.1, -0.05) is 64.4 Å². The molecule has 1 aromatic carbocycles. The molecule has 2 N–H and O–H groups in total. The van der Waals surface area contributed by atoms with Crippen molar-refractivity contribution in [1.29, 1.82) is 0 Å². The second-order valence-corrected chi connectivity index (χ2v) is 11.9. The van der Waals surface area contributed by atoms with Gasteiger partial charge in [0.05, 0.1) is 64.0 Å². The summed E-state index contributed by atoms with van der Waals surface area (Å²) in [5.41, 5.74) is 0.911. The highest BCUT2D eigenvalue weighted by atomic mass is 16.6. The molecule has 2 heterocycles. The minimum absolute atomic E-state index is 0.0680. The largest absolute Gasteiger partial charge is 0.463 e. The van der Waals surface area contributed by atoms with Crippen LogP contribution in [0.25, 0.3) is 0 Å². The van der Waals surface area contributed by atoms with Crippen LogP contribution in [0.3, 0.4) is 0 Å². The number of carbonyl (C=O) groups excluding carboxylic acids is 5. The van der Waals surface area contributed by atoms with Gasteiger partial charge in [0.15, 0.2) is 0 Å². The number of esters is 1. The average Bonchev–Trinajstić information content (AvgIpc) is 3.33. The van der Waals surface area contributed by atoms with E-state index in [0.29, 0.717) is 71.5 Å². The highest BCUT2D eigenvalue weighted by Crippen LogP contribution is 2.32. The number of anilines is 1. The van der Waals surface area contributed by atoms with Crippen LogP contribution in [0.1, 0.15) is 105 Å². The van der Waals surface area contributed by atoms with Gasteiger partial charge in [-0.05, 0) is 25.0 Å². The number of hydrogen-bond donors (Lipinski definition) is 2. The Morgan fingerprint density at radius 3 is 1.98 bits per heavy atom. The number of nitrogens with zero attached hydrogens (tertiary/aromatic N) is 1. The molecular weight excluding hydrogens is 622 g/mol. The molecule has 0 bridgehead atoms. The number of unbranched alkanes of at least 4 members (excludes halogenated alkanes) is 8. The second kappa shape index (κ2) is 23.0. The average molecular weight is 676 g/mol. The van der Waals surface area contributed by atoms with Gasteiger partial charge in [0.1, 0.15) is 12.6 Å². The molecule has 0 aromatic heterocycles. The zero-order chi connectivity index (χ0) is 34.4. The maximum atomic E-state index is 13.1. The molecule has 268 valence electrons. The molecule has 3 rings (SSSR count). The first-order valence-corrected chi connectivity index (χ1v) is 17.5. The molecule has 0 spiro atoms. The van der Waals surface area contributed by atoms with Crippen molar-refractivity contribution in [2.75, 3.05) is 71.3 Å². The van der Waals surface area contributed by atoms with Crippen LogP contribution >= 0.6 is 0 Å². The molecule has 1 atom stereocenters. The molecule has 1 fully saturated rings. The van der Waals surface area contributed by atoms with Crippen molar-refractivity contribution in [3.8, 4) is 0 Å². The Kier molecular flexibility index (Phi) is 18.8. The second-order valence-electron chi connectivity index (χ2n) is 11.9. The molecule has 0 aliphatic carbocycles. The van der Waals surface area contributed by atoms with E-state index in [9.17, 15) is 24.0 Å². The van der Waals surface area contributed by atoms with Crippen molar-refractivity contribution in [2.24, 2.45) is 0 Å². The number of rotatable bonds is 27. The summed E-state index contributed by atoms with van der Waals surface area (Å²) in [5, 5.41) is 5.33. The topological polar surface area (TPSA) is 159 Å². The molecule has 0 radical (unpaired) electrons. The van der Waals surface area contributed by atoms with Crippen LogP contribution in [-0.4, -0.2) is 107 Å². The normalized spacial score (nSPS) is 15.9. The summed E-state index contributed by atoms with van der Waals surface area (Å²) in [6.45, 7) is 5.97. The third-order valence-corrected chi connectivity index (χ3v) is 8.12. The SMILES string of the molecule is CCCCCCCCCCCC(=O)OCCOCCOCCOCCOCCNc1cccc2c1C(=O)N(C1CCC(=O)NC1=O)C2=O. The summed E-state index contributed by atoms with van der Waals surface area (Å²) >= 11 is 0. The number of ether oxygens (including phenoxy) is 5. The molecule has 1 saturated heterocycles. The standard InChI is InChI=1S/C35H53N3O10/c1-2-3-4-5-6-7-8-9-10-14-31(40)48-26-25-47-24-23-46-22-21-45-20-19-44-18-17-36-28-13-11-12-27-32(28)35(43)38(34(27)42)29-15-16-30(39)37-33(29)41/h11-13,29,36H,2-10,14-26H2,1H3,(H,37,39,41). The van der Waals surface area contributed by atoms with Gasteiger partial charge in [0.2, 0.25) is 11.8 Å². The molecular formula is C35H53N3O10. The Labute approximate surface area is 283 Å². The Hall–Kier alpha value is -3.39. The molecule has 13 heteroatoms. The van der Waals surface area contributed by atoms with Gasteiger partial charge in [-0.15, -0.1) is 0 Å². The Morgan fingerprint density at radius 2 is 1.35 bits per heavy atom. The number of imide groups is 2. The van der Waals surface area contributed by atoms with E-state index >= 15 is 0 Å². The van der Waals surface area contributed by atoms with Gasteiger partial charge in [-0.2, -0.15) is 0 Å². The Balaban J connectivity index is 1.11. The maximum absolute atomic E-state index is 13.1. The van der Waals surface area contributed by atoms with Crippen LogP contribution < -0.4 is 10.6 Å². The van der Waals surface area contributed by atoms with E-state index in [4.69, 9.17) is 23.7 Å². The Morgan fingerprint density at radius 1 is 0.771 bits per heavy atom. The number of piperidine rings is 1. The van der Waals surface area contributed by atoms with Crippen LogP contribution in [0, 0.1) is 0 Å². The van der Waals surface area contributed by atoms with Crippen molar-refractivity contribution in [1.82, 2.24) is 10.2 Å². The highest BCUT2D eigenvalue weighted by molar-refractivity contribution is 6.25. The number of fused-ring (bicyclic) bond motifs is 1. The number of nitrogens with one attached hydrogen (secondary N) is 2. The predicted octanol–water partition coefficient (Wildman–Crippen LogP) is 4.03. The number of benzene rings is 1. The monoisotopic (exact) mass is 675 g/mol. The van der Waals surface area contributed by atoms with E-state index in [0.717, 1.165) is 17.7 Å². The van der Waals surface area contributed by atoms with Crippen molar-refractivity contribution in [2.45, 2.75) is 90.0 Å². The van der Waals surface area contributed by atoms with Crippen LogP contribution in [-0.2, 0) is 38.1 Å². The van der Waals surface area contributed by atoms with Gasteiger partial charge in [0.25, 0.3) is 11.8 Å². The molecule has 4 amide bonds. The molecule has 0 saturated carbocycles. The fourth-order valence-corrected chi connectivity index (χ4v) is 5.55. The van der Waals surface area contributed by atoms with Gasteiger partial charge in [-0.3, -0.25) is 34.2 Å². The molecule has 1 aromatic rings. The first-order valence-electron chi connectivity index (χ1n) is 17.5. The van der Waals surface area contributed by atoms with E-state index < -0.39 is 29.7 Å². The molecule has 2 aliphatic rings. The van der Waals surface area contributed by atoms with Crippen LogP contribution in [0.2, 0.25) is 0 Å². The molecule has 2 aliphatic heterocycles. The van der Waals surface area contributed by atoms with Crippen molar-refractivity contribution in [3.63, 3.8) is 0 Å². The summed E-state index contributed by atoms with van der Waals surface area (Å²) in [5.74, 6) is -2.32. The fourth-order valence-electron chi connectivity index (χ4n) is 5.55. The number of hydrogen-bond acceptors (Lipinski definition) is 11. The first-order chi connectivity index (χ1) is 23.4. The maximum Gasteiger partial charge on any atom is 0.305 e. The fraction of sp³-hybridized carbons (Fsp3) is 0.686. The molecule has 48 heavy (non-hydrogen) atoms. The lowest BCUT2D eigenvalue weighted by Gasteiger charge is -2.27. The van der Waals surface area contributed by atoms with E-state index in [2.05, 4.69) is 17.6 Å². The summed E-state index contributed by atoms with van der Waals surface area (Å²) in [6, 6.07) is 3.91. The number of carbonyl (C=O) groups is 5. The van der Waals surface area contributed by atoms with Gasteiger partial charge < -0.3 is 29.0 Å². The zero-order valence-corrected chi connectivity index (χ0v) is 28.4. The minimum Gasteiger partial charge on any atom is -0.463 e. The van der Waals surface area contributed by atoms with Crippen LogP contribution in [0.4, 0.5) is 5.69 Å². The summed E-state index contributed by atoms with van der Waals surface area (Å²) < 4.78 is 27.2. The quantitative estimate of drug-likeness (QED) is 0.0788. The highest BCUT2D eigenvalue weighted by Gasteiger charge is 2.45. The van der Waals surface area contributed by atoms with E-state index in [1.54, 1.807) is 18.2 Å². The molecule has 1 unspecified atom stereocenters. The predicted molar refractivity (Wildman–Crippen MR) is 178 cm³/mol. The lowest BCUT2D eigenvalue weighted by atomic mass is 10.0. The van der Waals surface area contributed by atoms with Gasteiger partial charge in [-0.25, -0.2) is 0 Å². The lowest BCUT2D eigenvalue weighted by Crippen LogP contribution is -2.54. The van der Waals surface area contributed by atoms with E-state index in [-0.39, 0.29) is 36.5 Å². The van der Waals surface area contributed by atoms with Crippen LogP contribution in [0.5, 0.6) is 0 Å². The summed E-state index contributed by atoms with van der Waals surface area (Å²) in [6.07, 6.45) is 11.6. The number of amides is 4. The van der Waals surface area contributed by atoms with Gasteiger partial charge >= 0.3 is 5.97 Å². The molecule has 13 nitrogen and oxygen atoms in total. The van der Waals surface area contributed by atoms with Crippen LogP contribution in [0.15, 0.2) is 18.2 Å². The lowest BCUT2D eigenvalue weighted by molar-refractivity contribution is -0.145. The Bertz CT molecular complexity index is 1180.